The van der Waals surface area contributed by atoms with Crippen LogP contribution < -0.4 is 0 Å². The highest BCUT2D eigenvalue weighted by molar-refractivity contribution is 5.98. The molecule has 150 valence electrons. The summed E-state index contributed by atoms with van der Waals surface area (Å²) in [5, 5.41) is 0. The summed E-state index contributed by atoms with van der Waals surface area (Å²) in [5.41, 5.74) is 2.56. The summed E-state index contributed by atoms with van der Waals surface area (Å²) >= 11 is 0. The van der Waals surface area contributed by atoms with E-state index < -0.39 is 0 Å². The van der Waals surface area contributed by atoms with Crippen LogP contribution in [0.1, 0.15) is 71.6 Å². The maximum Gasteiger partial charge on any atom is 0.340 e. The van der Waals surface area contributed by atoms with Crippen LogP contribution in [0.15, 0.2) is 34.6 Å². The minimum absolute atomic E-state index is 0.0864. The normalized spacial score (nSPS) is 39.5. The molecule has 1 spiro atoms. The fraction of sp³-hybridized carbons (Fsp3) is 0.667. The van der Waals surface area contributed by atoms with Crippen LogP contribution >= 0.6 is 0 Å². The summed E-state index contributed by atoms with van der Waals surface area (Å²) in [6.45, 7) is 4.31. The monoisotopic (exact) mass is 382 g/mol. The van der Waals surface area contributed by atoms with Crippen molar-refractivity contribution >= 4 is 11.9 Å². The minimum atomic E-state index is -0.314. The molecule has 0 amide bonds. The first-order valence-electron chi connectivity index (χ1n) is 11.2. The Morgan fingerprint density at radius 3 is 2.82 bits per heavy atom. The summed E-state index contributed by atoms with van der Waals surface area (Å²) in [7, 11) is 0. The number of fused-ring (bicyclic) bond motifs is 1. The number of cyclic esters (lactones) is 2. The maximum atomic E-state index is 13.0. The minimum Gasteiger partial charge on any atom is -0.458 e. The zero-order valence-corrected chi connectivity index (χ0v) is 17.0. The van der Waals surface area contributed by atoms with Crippen LogP contribution in [0.25, 0.3) is 0 Å². The van der Waals surface area contributed by atoms with Gasteiger partial charge in [0.15, 0.2) is 0 Å². The van der Waals surface area contributed by atoms with E-state index in [-0.39, 0.29) is 29.4 Å². The lowest BCUT2D eigenvalue weighted by molar-refractivity contribution is -0.141. The molecule has 0 aromatic heterocycles. The number of rotatable bonds is 5. The summed E-state index contributed by atoms with van der Waals surface area (Å²) in [6, 6.07) is 0. The number of allylic oxidation sites excluding steroid dienone is 3. The predicted octanol–water partition coefficient (Wildman–Crippen LogP) is 5.00. The van der Waals surface area contributed by atoms with Crippen molar-refractivity contribution in [1.29, 1.82) is 0 Å². The van der Waals surface area contributed by atoms with Crippen LogP contribution in [0.5, 0.6) is 0 Å². The second kappa shape index (κ2) is 6.60. The average Bonchev–Trinajstić information content (AvgIpc) is 3.19. The molecular weight excluding hydrogens is 352 g/mol. The van der Waals surface area contributed by atoms with Gasteiger partial charge in [-0.3, -0.25) is 0 Å². The molecule has 5 atom stereocenters. The number of ether oxygens (including phenoxy) is 2. The molecule has 2 fully saturated rings. The van der Waals surface area contributed by atoms with Gasteiger partial charge in [-0.25, -0.2) is 9.59 Å². The fourth-order valence-corrected chi connectivity index (χ4v) is 6.73. The molecule has 1 saturated heterocycles. The zero-order valence-electron chi connectivity index (χ0n) is 17.0. The van der Waals surface area contributed by atoms with E-state index in [1.807, 2.05) is 0 Å². The standard InChI is InChI=1S/C24H30O4/c1-3-5-7-18-16-10-9-15-14-11-12-24(21(15)20(16)23(26)27-18)17(13-14)22(25)28-19(24)8-6-4-2/h7,13-15,19,21H,3-6,8-12H2,1-2H3/b18-7-/t14-,15-,19-,21+,24+/m0/s1. The quantitative estimate of drug-likeness (QED) is 0.628. The maximum absolute atomic E-state index is 13.0. The molecule has 1 saturated carbocycles. The molecule has 0 N–H and O–H groups in total. The Labute approximate surface area is 167 Å². The summed E-state index contributed by atoms with van der Waals surface area (Å²) < 4.78 is 11.7. The van der Waals surface area contributed by atoms with Gasteiger partial charge >= 0.3 is 11.9 Å². The van der Waals surface area contributed by atoms with Crippen molar-refractivity contribution in [2.45, 2.75) is 77.7 Å². The Kier molecular flexibility index (Phi) is 4.29. The highest BCUT2D eigenvalue weighted by Crippen LogP contribution is 2.67. The van der Waals surface area contributed by atoms with Gasteiger partial charge in [0.25, 0.3) is 0 Å². The lowest BCUT2D eigenvalue weighted by Crippen LogP contribution is -2.54. The molecule has 4 nitrogen and oxygen atoms in total. The van der Waals surface area contributed by atoms with E-state index in [0.717, 1.165) is 80.3 Å². The van der Waals surface area contributed by atoms with Crippen molar-refractivity contribution in [2.24, 2.45) is 23.2 Å². The van der Waals surface area contributed by atoms with Gasteiger partial charge < -0.3 is 9.47 Å². The Bertz CT molecular complexity index is 816. The van der Waals surface area contributed by atoms with Gasteiger partial charge in [0.1, 0.15) is 11.9 Å². The Morgan fingerprint density at radius 1 is 1.18 bits per heavy atom. The van der Waals surface area contributed by atoms with E-state index in [9.17, 15) is 9.59 Å². The lowest BCUT2D eigenvalue weighted by Gasteiger charge is -2.55. The van der Waals surface area contributed by atoms with E-state index in [1.165, 1.54) is 0 Å². The van der Waals surface area contributed by atoms with Gasteiger partial charge in [-0.1, -0.05) is 39.2 Å². The van der Waals surface area contributed by atoms with E-state index in [4.69, 9.17) is 9.47 Å². The molecule has 0 aromatic rings. The van der Waals surface area contributed by atoms with Crippen molar-refractivity contribution in [2.75, 3.05) is 0 Å². The lowest BCUT2D eigenvalue weighted by atomic mass is 9.45. The average molecular weight is 383 g/mol. The molecule has 2 heterocycles. The molecule has 28 heavy (non-hydrogen) atoms. The second-order valence-corrected chi connectivity index (χ2v) is 9.18. The van der Waals surface area contributed by atoms with E-state index >= 15 is 0 Å². The first-order valence-corrected chi connectivity index (χ1v) is 11.2. The Hall–Kier alpha value is -1.84. The molecule has 0 unspecified atom stereocenters. The zero-order chi connectivity index (χ0) is 19.5. The van der Waals surface area contributed by atoms with Gasteiger partial charge in [0.05, 0.1) is 0 Å². The van der Waals surface area contributed by atoms with Gasteiger partial charge in [-0.15, -0.1) is 0 Å². The molecule has 2 bridgehead atoms. The Balaban J connectivity index is 1.63. The molecule has 6 rings (SSSR count). The van der Waals surface area contributed by atoms with Gasteiger partial charge in [0, 0.05) is 28.1 Å². The number of esters is 2. The fourth-order valence-electron chi connectivity index (χ4n) is 6.73. The number of carbonyl (C=O) groups is 2. The number of unbranched alkanes of at least 4 members (excludes halogenated alkanes) is 2. The van der Waals surface area contributed by atoms with Crippen molar-refractivity contribution in [3.8, 4) is 0 Å². The third-order valence-electron chi connectivity index (χ3n) is 7.87. The van der Waals surface area contributed by atoms with Crippen LogP contribution in [0.4, 0.5) is 0 Å². The molecule has 4 aliphatic carbocycles. The summed E-state index contributed by atoms with van der Waals surface area (Å²) in [6.07, 6.45) is 13.3. The summed E-state index contributed by atoms with van der Waals surface area (Å²) in [4.78, 5) is 25.8. The largest absolute Gasteiger partial charge is 0.458 e. The van der Waals surface area contributed by atoms with Crippen molar-refractivity contribution in [3.63, 3.8) is 0 Å². The molecule has 0 radical (unpaired) electrons. The van der Waals surface area contributed by atoms with Crippen LogP contribution in [0.2, 0.25) is 0 Å². The third kappa shape index (κ3) is 2.29. The predicted molar refractivity (Wildman–Crippen MR) is 105 cm³/mol. The van der Waals surface area contributed by atoms with E-state index in [1.54, 1.807) is 0 Å². The number of hydrogen-bond donors (Lipinski definition) is 0. The van der Waals surface area contributed by atoms with Crippen molar-refractivity contribution in [1.82, 2.24) is 0 Å². The third-order valence-corrected chi connectivity index (χ3v) is 7.87. The van der Waals surface area contributed by atoms with Gasteiger partial charge in [-0.2, -0.15) is 0 Å². The second-order valence-electron chi connectivity index (χ2n) is 9.18. The number of carbonyl (C=O) groups excluding carboxylic acids is 2. The first kappa shape index (κ1) is 18.2. The van der Waals surface area contributed by atoms with E-state index in [2.05, 4.69) is 26.0 Å². The van der Waals surface area contributed by atoms with E-state index in [0.29, 0.717) is 11.8 Å². The molecule has 6 aliphatic rings. The van der Waals surface area contributed by atoms with Crippen molar-refractivity contribution in [3.05, 3.63) is 34.6 Å². The van der Waals surface area contributed by atoms with Gasteiger partial charge in [-0.05, 0) is 56.4 Å². The highest BCUT2D eigenvalue weighted by atomic mass is 16.6. The van der Waals surface area contributed by atoms with Crippen LogP contribution in [-0.2, 0) is 19.1 Å². The topological polar surface area (TPSA) is 52.6 Å². The molecule has 4 heteroatoms. The summed E-state index contributed by atoms with van der Waals surface area (Å²) in [5.74, 6) is 1.41. The molecule has 2 aliphatic heterocycles. The van der Waals surface area contributed by atoms with Crippen LogP contribution in [0, 0.1) is 23.2 Å². The van der Waals surface area contributed by atoms with Crippen LogP contribution in [-0.4, -0.2) is 18.0 Å². The smallest absolute Gasteiger partial charge is 0.340 e. The van der Waals surface area contributed by atoms with Crippen molar-refractivity contribution < 1.29 is 19.1 Å². The number of hydrogen-bond acceptors (Lipinski definition) is 4. The first-order chi connectivity index (χ1) is 13.6. The van der Waals surface area contributed by atoms with Gasteiger partial charge in [0.2, 0.25) is 0 Å². The highest BCUT2D eigenvalue weighted by Gasteiger charge is 2.67. The Morgan fingerprint density at radius 2 is 2.04 bits per heavy atom. The molecular formula is C24H30O4. The van der Waals surface area contributed by atoms with Crippen LogP contribution in [0.3, 0.4) is 0 Å². The SMILES string of the molecule is CCC/C=C1\OC(=O)C2=C1CC[C@H]1[C@@H]3C=C4C(=O)O[C@@H](CCCC)[C@]4(CC3)[C@@H]21. The molecule has 0 aromatic carbocycles.